The van der Waals surface area contributed by atoms with Crippen molar-refractivity contribution in [2.45, 2.75) is 38.5 Å². The molecule has 0 bridgehead atoms. The molecule has 1 amide bonds. The number of hydrogen-bond donors (Lipinski definition) is 1. The monoisotopic (exact) mass is 311 g/mol. The molecule has 1 aliphatic carbocycles. The maximum Gasteiger partial charge on any atom is 0.223 e. The zero-order valence-electron chi connectivity index (χ0n) is 13.8. The van der Waals surface area contributed by atoms with Crippen molar-refractivity contribution in [3.63, 3.8) is 0 Å². The van der Waals surface area contributed by atoms with E-state index in [9.17, 15) is 4.79 Å². The fourth-order valence-electron chi connectivity index (χ4n) is 3.58. The minimum atomic E-state index is 0.221. The molecule has 1 fully saturated rings. The van der Waals surface area contributed by atoms with Crippen LogP contribution in [0.15, 0.2) is 36.4 Å². The van der Waals surface area contributed by atoms with Gasteiger partial charge in [-0.25, -0.2) is 0 Å². The lowest BCUT2D eigenvalue weighted by molar-refractivity contribution is -0.125. The van der Waals surface area contributed by atoms with Crippen LogP contribution < -0.4 is 10.1 Å². The van der Waals surface area contributed by atoms with E-state index in [0.717, 1.165) is 25.0 Å². The largest absolute Gasteiger partial charge is 0.496 e. The number of hydrogen-bond acceptors (Lipinski definition) is 2. The number of carbonyl (C=O) groups excluding carboxylic acids is 1. The van der Waals surface area contributed by atoms with E-state index in [4.69, 9.17) is 4.74 Å². The third kappa shape index (κ3) is 3.66. The van der Waals surface area contributed by atoms with Crippen LogP contribution in [0.4, 0.5) is 0 Å². The Hall–Kier alpha value is -2.03. The average molecular weight is 311 g/mol. The summed E-state index contributed by atoms with van der Waals surface area (Å²) in [4.78, 5) is 12.3. The third-order valence-corrected chi connectivity index (χ3v) is 4.87. The molecule has 0 heterocycles. The lowest BCUT2D eigenvalue weighted by Gasteiger charge is -2.21. The van der Waals surface area contributed by atoms with Crippen LogP contribution in [0.1, 0.15) is 37.7 Å². The second-order valence-electron chi connectivity index (χ2n) is 6.34. The van der Waals surface area contributed by atoms with E-state index in [2.05, 4.69) is 23.5 Å². The second-order valence-corrected chi connectivity index (χ2v) is 6.34. The van der Waals surface area contributed by atoms with Gasteiger partial charge >= 0.3 is 0 Å². The van der Waals surface area contributed by atoms with E-state index in [1.165, 1.54) is 35.6 Å². The summed E-state index contributed by atoms with van der Waals surface area (Å²) in [6.07, 6.45) is 6.54. The molecule has 1 N–H and O–H groups in total. The highest BCUT2D eigenvalue weighted by Crippen LogP contribution is 2.28. The zero-order chi connectivity index (χ0) is 16.1. The number of rotatable bonds is 5. The van der Waals surface area contributed by atoms with Crippen molar-refractivity contribution < 1.29 is 9.53 Å². The number of amides is 1. The van der Waals surface area contributed by atoms with Gasteiger partial charge in [-0.2, -0.15) is 0 Å². The Balaban J connectivity index is 1.67. The fraction of sp³-hybridized carbons (Fsp3) is 0.450. The van der Waals surface area contributed by atoms with Gasteiger partial charge in [0, 0.05) is 18.0 Å². The SMILES string of the molecule is COc1ccc2ccccc2c1CCNC(=O)C1CCCCC1. The second kappa shape index (κ2) is 7.49. The number of methoxy groups -OCH3 is 1. The molecule has 0 aliphatic heterocycles. The minimum absolute atomic E-state index is 0.221. The molecule has 0 aromatic heterocycles. The number of nitrogens with one attached hydrogen (secondary N) is 1. The summed E-state index contributed by atoms with van der Waals surface area (Å²) in [7, 11) is 1.70. The maximum absolute atomic E-state index is 12.3. The molecule has 3 rings (SSSR count). The first kappa shape index (κ1) is 15.9. The molecule has 3 nitrogen and oxygen atoms in total. The quantitative estimate of drug-likeness (QED) is 0.903. The predicted octanol–water partition coefficient (Wildman–Crippen LogP) is 4.09. The topological polar surface area (TPSA) is 38.3 Å². The summed E-state index contributed by atoms with van der Waals surface area (Å²) in [6.45, 7) is 0.666. The Bertz CT molecular complexity index is 674. The highest BCUT2D eigenvalue weighted by molar-refractivity contribution is 5.88. The molecule has 0 atom stereocenters. The van der Waals surface area contributed by atoms with Crippen molar-refractivity contribution in [2.75, 3.05) is 13.7 Å². The van der Waals surface area contributed by atoms with Crippen LogP contribution in [0.2, 0.25) is 0 Å². The average Bonchev–Trinajstić information content (AvgIpc) is 2.62. The molecule has 1 saturated carbocycles. The van der Waals surface area contributed by atoms with Gasteiger partial charge < -0.3 is 10.1 Å². The maximum atomic E-state index is 12.3. The first-order valence-electron chi connectivity index (χ1n) is 8.62. The molecule has 0 saturated heterocycles. The summed E-state index contributed by atoms with van der Waals surface area (Å²) in [5.74, 6) is 1.35. The highest BCUT2D eigenvalue weighted by atomic mass is 16.5. The van der Waals surface area contributed by atoms with E-state index in [1.54, 1.807) is 7.11 Å². The molecular weight excluding hydrogens is 286 g/mol. The van der Waals surface area contributed by atoms with Crippen molar-refractivity contribution in [1.82, 2.24) is 5.32 Å². The molecule has 0 spiro atoms. The van der Waals surface area contributed by atoms with Gasteiger partial charge in [-0.15, -0.1) is 0 Å². The van der Waals surface area contributed by atoms with E-state index < -0.39 is 0 Å². The Labute approximate surface area is 138 Å². The normalized spacial score (nSPS) is 15.5. The van der Waals surface area contributed by atoms with Gasteiger partial charge in [-0.3, -0.25) is 4.79 Å². The molecule has 122 valence electrons. The third-order valence-electron chi connectivity index (χ3n) is 4.87. The molecule has 2 aromatic rings. The molecule has 23 heavy (non-hydrogen) atoms. The van der Waals surface area contributed by atoms with Crippen LogP contribution in [0.3, 0.4) is 0 Å². The van der Waals surface area contributed by atoms with E-state index >= 15 is 0 Å². The molecule has 2 aromatic carbocycles. The zero-order valence-corrected chi connectivity index (χ0v) is 13.8. The molecule has 3 heteroatoms. The van der Waals surface area contributed by atoms with Crippen molar-refractivity contribution in [3.05, 3.63) is 42.0 Å². The van der Waals surface area contributed by atoms with E-state index in [0.29, 0.717) is 6.54 Å². The summed E-state index contributed by atoms with van der Waals surface area (Å²) in [6, 6.07) is 12.4. The van der Waals surface area contributed by atoms with Crippen LogP contribution in [-0.4, -0.2) is 19.6 Å². The Morgan fingerprint density at radius 2 is 1.91 bits per heavy atom. The first-order valence-corrected chi connectivity index (χ1v) is 8.62. The van der Waals surface area contributed by atoms with Crippen LogP contribution in [0.25, 0.3) is 10.8 Å². The summed E-state index contributed by atoms with van der Waals surface area (Å²) in [5, 5.41) is 5.54. The lowest BCUT2D eigenvalue weighted by atomic mass is 9.88. The predicted molar refractivity (Wildman–Crippen MR) is 93.8 cm³/mol. The number of fused-ring (bicyclic) bond motifs is 1. The van der Waals surface area contributed by atoms with Gasteiger partial charge in [-0.05, 0) is 36.1 Å². The molecule has 1 aliphatic rings. The number of carbonyl (C=O) groups is 1. The number of benzene rings is 2. The van der Waals surface area contributed by atoms with Crippen LogP contribution >= 0.6 is 0 Å². The fourth-order valence-corrected chi connectivity index (χ4v) is 3.58. The summed E-state index contributed by atoms with van der Waals surface area (Å²) < 4.78 is 5.51. The molecule has 0 radical (unpaired) electrons. The van der Waals surface area contributed by atoms with Crippen LogP contribution in [-0.2, 0) is 11.2 Å². The standard InChI is InChI=1S/C20H25NO2/c1-23-19-12-11-15-7-5-6-10-17(15)18(19)13-14-21-20(22)16-8-3-2-4-9-16/h5-7,10-12,16H,2-4,8-9,13-14H2,1H3,(H,21,22). The van der Waals surface area contributed by atoms with Gasteiger partial charge in [-0.1, -0.05) is 49.6 Å². The van der Waals surface area contributed by atoms with Crippen LogP contribution in [0.5, 0.6) is 5.75 Å². The Morgan fingerprint density at radius 3 is 2.70 bits per heavy atom. The first-order chi connectivity index (χ1) is 11.3. The highest BCUT2D eigenvalue weighted by Gasteiger charge is 2.20. The minimum Gasteiger partial charge on any atom is -0.496 e. The summed E-state index contributed by atoms with van der Waals surface area (Å²) in [5.41, 5.74) is 1.18. The van der Waals surface area contributed by atoms with Gasteiger partial charge in [0.2, 0.25) is 5.91 Å². The van der Waals surface area contributed by atoms with Crippen molar-refractivity contribution in [2.24, 2.45) is 5.92 Å². The molecule has 0 unspecified atom stereocenters. The van der Waals surface area contributed by atoms with Crippen molar-refractivity contribution in [3.8, 4) is 5.75 Å². The van der Waals surface area contributed by atoms with E-state index in [1.807, 2.05) is 18.2 Å². The summed E-state index contributed by atoms with van der Waals surface area (Å²) >= 11 is 0. The van der Waals surface area contributed by atoms with Crippen molar-refractivity contribution >= 4 is 16.7 Å². The Morgan fingerprint density at radius 1 is 1.13 bits per heavy atom. The lowest BCUT2D eigenvalue weighted by Crippen LogP contribution is -2.33. The molecular formula is C20H25NO2. The van der Waals surface area contributed by atoms with E-state index in [-0.39, 0.29) is 11.8 Å². The van der Waals surface area contributed by atoms with Gasteiger partial charge in [0.05, 0.1) is 7.11 Å². The van der Waals surface area contributed by atoms with Gasteiger partial charge in [0.1, 0.15) is 5.75 Å². The van der Waals surface area contributed by atoms with Gasteiger partial charge in [0.15, 0.2) is 0 Å². The van der Waals surface area contributed by atoms with Crippen LogP contribution in [0, 0.1) is 5.92 Å². The van der Waals surface area contributed by atoms with Crippen molar-refractivity contribution in [1.29, 1.82) is 0 Å². The Kier molecular flexibility index (Phi) is 5.16. The number of ether oxygens (including phenoxy) is 1. The smallest absolute Gasteiger partial charge is 0.223 e. The van der Waals surface area contributed by atoms with Gasteiger partial charge in [0.25, 0.3) is 0 Å².